The van der Waals surface area contributed by atoms with Gasteiger partial charge in [-0.1, -0.05) is 12.1 Å². The summed E-state index contributed by atoms with van der Waals surface area (Å²) < 4.78 is 15.4. The lowest BCUT2D eigenvalue weighted by Gasteiger charge is -2.11. The van der Waals surface area contributed by atoms with E-state index < -0.39 is 11.8 Å². The summed E-state index contributed by atoms with van der Waals surface area (Å²) in [6.07, 6.45) is 0. The van der Waals surface area contributed by atoms with Gasteiger partial charge in [0, 0.05) is 18.3 Å². The van der Waals surface area contributed by atoms with Crippen LogP contribution in [0, 0.1) is 0 Å². The lowest BCUT2D eigenvalue weighted by molar-refractivity contribution is -0.136. The molecule has 2 aromatic carbocycles. The maximum absolute atomic E-state index is 12.0. The predicted octanol–water partition coefficient (Wildman–Crippen LogP) is 1.97. The van der Waals surface area contributed by atoms with Gasteiger partial charge >= 0.3 is 11.8 Å². The second-order valence-electron chi connectivity index (χ2n) is 5.06. The van der Waals surface area contributed by atoms with Crippen molar-refractivity contribution in [1.29, 1.82) is 0 Å². The molecule has 7 heteroatoms. The van der Waals surface area contributed by atoms with Crippen LogP contribution in [0.3, 0.4) is 0 Å². The SMILES string of the molecule is COc1cccc(CNC(=O)C(=O)Nc2ccc(OC)c(OC)c2)c1. The van der Waals surface area contributed by atoms with Crippen LogP contribution in [0.25, 0.3) is 0 Å². The van der Waals surface area contributed by atoms with Gasteiger partial charge in [0.25, 0.3) is 0 Å². The summed E-state index contributed by atoms with van der Waals surface area (Å²) in [6.45, 7) is 0.218. The summed E-state index contributed by atoms with van der Waals surface area (Å²) in [7, 11) is 4.57. The molecule has 0 aromatic heterocycles. The molecule has 132 valence electrons. The second-order valence-corrected chi connectivity index (χ2v) is 5.06. The lowest BCUT2D eigenvalue weighted by atomic mass is 10.2. The van der Waals surface area contributed by atoms with Gasteiger partial charge in [-0.2, -0.15) is 0 Å². The van der Waals surface area contributed by atoms with Gasteiger partial charge in [-0.15, -0.1) is 0 Å². The highest BCUT2D eigenvalue weighted by molar-refractivity contribution is 6.39. The van der Waals surface area contributed by atoms with Crippen molar-refractivity contribution in [2.45, 2.75) is 6.54 Å². The third-order valence-electron chi connectivity index (χ3n) is 3.43. The fraction of sp³-hybridized carbons (Fsp3) is 0.222. The number of carbonyl (C=O) groups excluding carboxylic acids is 2. The topological polar surface area (TPSA) is 85.9 Å². The van der Waals surface area contributed by atoms with E-state index in [9.17, 15) is 9.59 Å². The first-order chi connectivity index (χ1) is 12.1. The highest BCUT2D eigenvalue weighted by Crippen LogP contribution is 2.29. The van der Waals surface area contributed by atoms with Gasteiger partial charge in [0.15, 0.2) is 11.5 Å². The van der Waals surface area contributed by atoms with Gasteiger partial charge in [0.05, 0.1) is 21.3 Å². The molecule has 0 saturated carbocycles. The van der Waals surface area contributed by atoms with Gasteiger partial charge in [0.1, 0.15) is 5.75 Å². The molecule has 0 radical (unpaired) electrons. The zero-order valence-electron chi connectivity index (χ0n) is 14.3. The summed E-state index contributed by atoms with van der Waals surface area (Å²) in [5.74, 6) is 0.161. The summed E-state index contributed by atoms with van der Waals surface area (Å²) in [5, 5.41) is 5.07. The van der Waals surface area contributed by atoms with E-state index in [1.165, 1.54) is 14.2 Å². The van der Waals surface area contributed by atoms with Crippen molar-refractivity contribution >= 4 is 17.5 Å². The predicted molar refractivity (Wildman–Crippen MR) is 93.0 cm³/mol. The van der Waals surface area contributed by atoms with E-state index in [4.69, 9.17) is 14.2 Å². The molecule has 0 atom stereocenters. The Bertz CT molecular complexity index is 761. The number of amides is 2. The maximum Gasteiger partial charge on any atom is 0.313 e. The normalized spacial score (nSPS) is 9.88. The molecule has 2 amide bonds. The largest absolute Gasteiger partial charge is 0.497 e. The number of anilines is 1. The quantitative estimate of drug-likeness (QED) is 0.783. The van der Waals surface area contributed by atoms with Crippen LogP contribution in [0.5, 0.6) is 17.2 Å². The van der Waals surface area contributed by atoms with Gasteiger partial charge in [0.2, 0.25) is 0 Å². The Morgan fingerprint density at radius 2 is 1.64 bits per heavy atom. The highest BCUT2D eigenvalue weighted by atomic mass is 16.5. The standard InChI is InChI=1S/C18H20N2O5/c1-23-14-6-4-5-12(9-14)11-19-17(21)18(22)20-13-7-8-15(24-2)16(10-13)25-3/h4-10H,11H2,1-3H3,(H,19,21)(H,20,22). The van der Waals surface area contributed by atoms with Crippen LogP contribution in [0.1, 0.15) is 5.56 Å². The first-order valence-corrected chi connectivity index (χ1v) is 7.51. The van der Waals surface area contributed by atoms with Crippen LogP contribution in [0.15, 0.2) is 42.5 Å². The Hall–Kier alpha value is -3.22. The van der Waals surface area contributed by atoms with E-state index >= 15 is 0 Å². The van der Waals surface area contributed by atoms with Crippen LogP contribution in [0.4, 0.5) is 5.69 Å². The molecule has 0 saturated heterocycles. The molecule has 0 aliphatic carbocycles. The summed E-state index contributed by atoms with van der Waals surface area (Å²) in [4.78, 5) is 23.9. The molecule has 0 bridgehead atoms. The van der Waals surface area contributed by atoms with Crippen LogP contribution < -0.4 is 24.8 Å². The molecule has 0 spiro atoms. The fourth-order valence-electron chi connectivity index (χ4n) is 2.15. The Balaban J connectivity index is 1.95. The van der Waals surface area contributed by atoms with Crippen molar-refractivity contribution in [3.63, 3.8) is 0 Å². The fourth-order valence-corrected chi connectivity index (χ4v) is 2.15. The smallest absolute Gasteiger partial charge is 0.313 e. The molecule has 7 nitrogen and oxygen atoms in total. The average molecular weight is 344 g/mol. The van der Waals surface area contributed by atoms with E-state index in [1.807, 2.05) is 12.1 Å². The van der Waals surface area contributed by atoms with E-state index in [1.54, 1.807) is 37.4 Å². The highest BCUT2D eigenvalue weighted by Gasteiger charge is 2.14. The van der Waals surface area contributed by atoms with Crippen molar-refractivity contribution in [3.05, 3.63) is 48.0 Å². The number of rotatable bonds is 6. The van der Waals surface area contributed by atoms with Crippen molar-refractivity contribution in [2.24, 2.45) is 0 Å². The minimum atomic E-state index is -0.768. The van der Waals surface area contributed by atoms with Crippen LogP contribution >= 0.6 is 0 Å². The van der Waals surface area contributed by atoms with Gasteiger partial charge in [-0.05, 0) is 29.8 Å². The Morgan fingerprint density at radius 1 is 0.880 bits per heavy atom. The Labute approximate surface area is 145 Å². The number of benzene rings is 2. The van der Waals surface area contributed by atoms with E-state index in [0.29, 0.717) is 22.9 Å². The minimum absolute atomic E-state index is 0.218. The Kier molecular flexibility index (Phi) is 6.22. The minimum Gasteiger partial charge on any atom is -0.497 e. The molecular formula is C18H20N2O5. The van der Waals surface area contributed by atoms with Crippen molar-refractivity contribution in [3.8, 4) is 17.2 Å². The average Bonchev–Trinajstić information content (AvgIpc) is 2.65. The maximum atomic E-state index is 12.0. The van der Waals surface area contributed by atoms with Crippen molar-refractivity contribution in [2.75, 3.05) is 26.6 Å². The molecule has 2 rings (SSSR count). The van der Waals surface area contributed by atoms with E-state index in [2.05, 4.69) is 10.6 Å². The summed E-state index contributed by atoms with van der Waals surface area (Å²) in [6, 6.07) is 12.1. The summed E-state index contributed by atoms with van der Waals surface area (Å²) in [5.41, 5.74) is 1.26. The van der Waals surface area contributed by atoms with Gasteiger partial charge in [-0.25, -0.2) is 0 Å². The number of hydrogen-bond acceptors (Lipinski definition) is 5. The molecule has 25 heavy (non-hydrogen) atoms. The number of methoxy groups -OCH3 is 3. The van der Waals surface area contributed by atoms with Crippen LogP contribution in [0.2, 0.25) is 0 Å². The number of hydrogen-bond donors (Lipinski definition) is 2. The third-order valence-corrected chi connectivity index (χ3v) is 3.43. The number of nitrogens with one attached hydrogen (secondary N) is 2. The monoisotopic (exact) mass is 344 g/mol. The molecule has 0 fully saturated rings. The first kappa shape index (κ1) is 18.1. The van der Waals surface area contributed by atoms with Gasteiger partial charge < -0.3 is 24.8 Å². The van der Waals surface area contributed by atoms with E-state index in [0.717, 1.165) is 5.56 Å². The van der Waals surface area contributed by atoms with Crippen LogP contribution in [-0.4, -0.2) is 33.1 Å². The molecular weight excluding hydrogens is 324 g/mol. The molecule has 2 aromatic rings. The molecule has 0 aliphatic heterocycles. The van der Waals surface area contributed by atoms with Crippen molar-refractivity contribution < 1.29 is 23.8 Å². The molecule has 0 unspecified atom stereocenters. The second kappa shape index (κ2) is 8.58. The summed E-state index contributed by atoms with van der Waals surface area (Å²) >= 11 is 0. The molecule has 0 heterocycles. The third kappa shape index (κ3) is 4.87. The van der Waals surface area contributed by atoms with Gasteiger partial charge in [-0.3, -0.25) is 9.59 Å². The Morgan fingerprint density at radius 3 is 2.32 bits per heavy atom. The van der Waals surface area contributed by atoms with Crippen molar-refractivity contribution in [1.82, 2.24) is 5.32 Å². The lowest BCUT2D eigenvalue weighted by Crippen LogP contribution is -2.34. The first-order valence-electron chi connectivity index (χ1n) is 7.51. The number of ether oxygens (including phenoxy) is 3. The molecule has 0 aliphatic rings. The van der Waals surface area contributed by atoms with Crippen LogP contribution in [-0.2, 0) is 16.1 Å². The number of carbonyl (C=O) groups is 2. The van der Waals surface area contributed by atoms with E-state index in [-0.39, 0.29) is 6.54 Å². The zero-order chi connectivity index (χ0) is 18.2. The molecule has 2 N–H and O–H groups in total. The zero-order valence-corrected chi connectivity index (χ0v) is 14.3.